The Bertz CT molecular complexity index is 769. The lowest BCUT2D eigenvalue weighted by atomic mass is 9.77. The van der Waals surface area contributed by atoms with E-state index in [4.69, 9.17) is 4.74 Å². The molecule has 142 valence electrons. The monoisotopic (exact) mass is 368 g/mol. The van der Waals surface area contributed by atoms with Gasteiger partial charge in [0.2, 0.25) is 11.8 Å². The molecule has 0 radical (unpaired) electrons. The first kappa shape index (κ1) is 17.8. The third-order valence-electron chi connectivity index (χ3n) is 6.50. The summed E-state index contributed by atoms with van der Waals surface area (Å²) in [6.07, 6.45) is 7.05. The number of rotatable bonds is 4. The van der Waals surface area contributed by atoms with Gasteiger partial charge in [0.05, 0.1) is 24.3 Å². The van der Waals surface area contributed by atoms with Crippen molar-refractivity contribution in [1.82, 2.24) is 15.2 Å². The van der Waals surface area contributed by atoms with Crippen molar-refractivity contribution < 1.29 is 14.3 Å². The molecular formula is C20H24N4O3. The number of hydrogen-bond donors (Lipinski definition) is 1. The van der Waals surface area contributed by atoms with Crippen LogP contribution in [0.2, 0.25) is 0 Å². The fourth-order valence-electron chi connectivity index (χ4n) is 4.80. The number of aromatic nitrogens is 1. The number of ether oxygens (including phenoxy) is 1. The molecule has 1 N–H and O–H groups in total. The molecule has 2 aliphatic heterocycles. The molecule has 0 bridgehead atoms. The Hall–Kier alpha value is -2.62. The lowest BCUT2D eigenvalue weighted by molar-refractivity contribution is -0.139. The van der Waals surface area contributed by atoms with E-state index in [9.17, 15) is 14.9 Å². The molecule has 3 heterocycles. The maximum atomic E-state index is 13.1. The average molecular weight is 368 g/mol. The van der Waals surface area contributed by atoms with Gasteiger partial charge in [-0.2, -0.15) is 5.26 Å². The third-order valence-corrected chi connectivity index (χ3v) is 6.50. The summed E-state index contributed by atoms with van der Waals surface area (Å²) in [5.74, 6) is 0.568. The van der Waals surface area contributed by atoms with E-state index < -0.39 is 10.8 Å². The van der Waals surface area contributed by atoms with Gasteiger partial charge in [-0.25, -0.2) is 0 Å². The standard InChI is InChI=1S/C20H24N4O3/c21-13-19(5-1-2-6-19)18(26)24-9-7-20(14-24)15(10-23-17(20)25)12-27-16-4-3-8-22-11-16/h3-4,8,11,15H,1-2,5-7,9-10,12,14H2,(H,23,25)/t15-,20-/m1/s1. The summed E-state index contributed by atoms with van der Waals surface area (Å²) in [6.45, 7) is 1.85. The fourth-order valence-corrected chi connectivity index (χ4v) is 4.80. The van der Waals surface area contributed by atoms with Gasteiger partial charge in [0.1, 0.15) is 11.2 Å². The second kappa shape index (κ2) is 6.84. The number of amides is 2. The van der Waals surface area contributed by atoms with E-state index in [0.29, 0.717) is 51.3 Å². The van der Waals surface area contributed by atoms with Gasteiger partial charge in [0, 0.05) is 31.7 Å². The number of carbonyl (C=O) groups excluding carboxylic acids is 2. The van der Waals surface area contributed by atoms with E-state index in [1.165, 1.54) is 0 Å². The summed E-state index contributed by atoms with van der Waals surface area (Å²) < 4.78 is 5.85. The van der Waals surface area contributed by atoms with Crippen LogP contribution in [-0.2, 0) is 9.59 Å². The van der Waals surface area contributed by atoms with Crippen LogP contribution in [0.15, 0.2) is 24.5 Å². The molecule has 7 heteroatoms. The van der Waals surface area contributed by atoms with Gasteiger partial charge in [-0.1, -0.05) is 12.8 Å². The van der Waals surface area contributed by atoms with Crippen molar-refractivity contribution in [2.24, 2.45) is 16.7 Å². The Morgan fingerprint density at radius 1 is 1.41 bits per heavy atom. The van der Waals surface area contributed by atoms with Crippen LogP contribution in [0, 0.1) is 28.1 Å². The van der Waals surface area contributed by atoms with Gasteiger partial charge in [-0.15, -0.1) is 0 Å². The van der Waals surface area contributed by atoms with Crippen molar-refractivity contribution in [3.63, 3.8) is 0 Å². The number of nitrogens with one attached hydrogen (secondary N) is 1. The van der Waals surface area contributed by atoms with Gasteiger partial charge in [0.15, 0.2) is 0 Å². The number of pyridine rings is 1. The number of nitrogens with zero attached hydrogens (tertiary/aromatic N) is 3. The molecule has 27 heavy (non-hydrogen) atoms. The summed E-state index contributed by atoms with van der Waals surface area (Å²) in [7, 11) is 0. The van der Waals surface area contributed by atoms with Crippen molar-refractivity contribution >= 4 is 11.8 Å². The van der Waals surface area contributed by atoms with Crippen LogP contribution < -0.4 is 10.1 Å². The maximum Gasteiger partial charge on any atom is 0.243 e. The zero-order valence-electron chi connectivity index (χ0n) is 15.3. The zero-order valence-corrected chi connectivity index (χ0v) is 15.3. The number of nitriles is 1. The molecule has 2 atom stereocenters. The second-order valence-electron chi connectivity index (χ2n) is 7.94. The molecule has 2 amide bonds. The molecule has 1 aromatic rings. The first-order valence-electron chi connectivity index (χ1n) is 9.61. The highest BCUT2D eigenvalue weighted by Gasteiger charge is 2.57. The molecule has 3 fully saturated rings. The lowest BCUT2D eigenvalue weighted by Gasteiger charge is -2.30. The molecule has 4 rings (SSSR count). The van der Waals surface area contributed by atoms with E-state index in [1.807, 2.05) is 12.1 Å². The Kier molecular flexibility index (Phi) is 4.50. The second-order valence-corrected chi connectivity index (χ2v) is 7.94. The molecule has 3 aliphatic rings. The van der Waals surface area contributed by atoms with E-state index in [1.54, 1.807) is 17.3 Å². The van der Waals surface area contributed by atoms with E-state index >= 15 is 0 Å². The number of likely N-dealkylation sites (tertiary alicyclic amines) is 1. The molecule has 7 nitrogen and oxygen atoms in total. The average Bonchev–Trinajstić information content (AvgIpc) is 3.43. The fraction of sp³-hybridized carbons (Fsp3) is 0.600. The van der Waals surface area contributed by atoms with Gasteiger partial charge in [-0.3, -0.25) is 14.6 Å². The largest absolute Gasteiger partial charge is 0.492 e. The van der Waals surface area contributed by atoms with E-state index in [2.05, 4.69) is 16.4 Å². The highest BCUT2D eigenvalue weighted by Crippen LogP contribution is 2.45. The smallest absolute Gasteiger partial charge is 0.243 e. The van der Waals surface area contributed by atoms with Gasteiger partial charge in [0.25, 0.3) is 0 Å². The van der Waals surface area contributed by atoms with Crippen LogP contribution >= 0.6 is 0 Å². The predicted octanol–water partition coefficient (Wildman–Crippen LogP) is 1.51. The Morgan fingerprint density at radius 3 is 2.93 bits per heavy atom. The molecule has 1 saturated carbocycles. The van der Waals surface area contributed by atoms with Crippen LogP contribution in [0.5, 0.6) is 5.75 Å². The van der Waals surface area contributed by atoms with Crippen molar-refractivity contribution in [3.8, 4) is 11.8 Å². The quantitative estimate of drug-likeness (QED) is 0.869. The zero-order chi connectivity index (χ0) is 18.9. The van der Waals surface area contributed by atoms with Crippen molar-refractivity contribution in [2.75, 3.05) is 26.2 Å². The molecule has 1 aliphatic carbocycles. The minimum absolute atomic E-state index is 0.00461. The predicted molar refractivity (Wildman–Crippen MR) is 96.4 cm³/mol. The first-order valence-corrected chi connectivity index (χ1v) is 9.61. The Morgan fingerprint density at radius 2 is 2.22 bits per heavy atom. The van der Waals surface area contributed by atoms with Crippen molar-refractivity contribution in [2.45, 2.75) is 32.1 Å². The highest BCUT2D eigenvalue weighted by molar-refractivity contribution is 5.90. The summed E-state index contributed by atoms with van der Waals surface area (Å²) in [5, 5.41) is 12.6. The van der Waals surface area contributed by atoms with Crippen LogP contribution in [0.3, 0.4) is 0 Å². The van der Waals surface area contributed by atoms with Gasteiger partial charge >= 0.3 is 0 Å². The number of carbonyl (C=O) groups is 2. The lowest BCUT2D eigenvalue weighted by Crippen LogP contribution is -2.45. The Balaban J connectivity index is 1.47. The summed E-state index contributed by atoms with van der Waals surface area (Å²) in [4.78, 5) is 31.5. The SMILES string of the molecule is N#CC1(C(=O)N2CC[C@]3(C2)C(=O)NC[C@@H]3COc2cccnc2)CCCC1. The normalized spacial score (nSPS) is 28.9. The first-order chi connectivity index (χ1) is 13.1. The van der Waals surface area contributed by atoms with E-state index in [0.717, 1.165) is 12.8 Å². The van der Waals surface area contributed by atoms with E-state index in [-0.39, 0.29) is 17.7 Å². The molecule has 0 unspecified atom stereocenters. The minimum Gasteiger partial charge on any atom is -0.492 e. The topological polar surface area (TPSA) is 95.3 Å². The highest BCUT2D eigenvalue weighted by atomic mass is 16.5. The third kappa shape index (κ3) is 2.93. The maximum absolute atomic E-state index is 13.1. The minimum atomic E-state index is -0.887. The van der Waals surface area contributed by atoms with Gasteiger partial charge in [-0.05, 0) is 31.4 Å². The van der Waals surface area contributed by atoms with Crippen molar-refractivity contribution in [3.05, 3.63) is 24.5 Å². The van der Waals surface area contributed by atoms with Crippen LogP contribution in [-0.4, -0.2) is 47.9 Å². The number of hydrogen-bond acceptors (Lipinski definition) is 5. The molecule has 1 aromatic heterocycles. The van der Waals surface area contributed by atoms with Crippen molar-refractivity contribution in [1.29, 1.82) is 5.26 Å². The molecular weight excluding hydrogens is 344 g/mol. The van der Waals surface area contributed by atoms with Gasteiger partial charge < -0.3 is 15.0 Å². The summed E-state index contributed by atoms with van der Waals surface area (Å²) in [5.41, 5.74) is -1.50. The van der Waals surface area contributed by atoms with Crippen LogP contribution in [0.4, 0.5) is 0 Å². The summed E-state index contributed by atoms with van der Waals surface area (Å²) in [6, 6.07) is 5.92. The summed E-state index contributed by atoms with van der Waals surface area (Å²) >= 11 is 0. The molecule has 0 aromatic carbocycles. The van der Waals surface area contributed by atoms with Crippen LogP contribution in [0.25, 0.3) is 0 Å². The molecule has 2 saturated heterocycles. The Labute approximate surface area is 158 Å². The molecule has 1 spiro atoms. The van der Waals surface area contributed by atoms with Crippen LogP contribution in [0.1, 0.15) is 32.1 Å².